The molecule has 1 heterocycles. The number of methoxy groups -OCH3 is 1. The van der Waals surface area contributed by atoms with E-state index < -0.39 is 24.4 Å². The lowest BCUT2D eigenvalue weighted by Gasteiger charge is -2.16. The first-order chi connectivity index (χ1) is 6.11. The number of hydrogen-bond donors (Lipinski definition) is 3. The van der Waals surface area contributed by atoms with Crippen LogP contribution in [0.2, 0.25) is 0 Å². The zero-order valence-corrected chi connectivity index (χ0v) is 8.03. The monoisotopic (exact) mass is 207 g/mol. The first-order valence-electron chi connectivity index (χ1n) is 3.88. The minimum absolute atomic E-state index is 0.127. The normalized spacial score (nSPS) is 39.3. The zero-order chi connectivity index (χ0) is 10.0. The smallest absolute Gasteiger partial charge is 0.136 e. The van der Waals surface area contributed by atoms with E-state index in [1.54, 1.807) is 0 Å². The summed E-state index contributed by atoms with van der Waals surface area (Å²) in [6, 6.07) is 0. The lowest BCUT2D eigenvalue weighted by Crippen LogP contribution is -2.40. The summed E-state index contributed by atoms with van der Waals surface area (Å²) in [6.07, 6.45) is -2.76. The van der Waals surface area contributed by atoms with Crippen LogP contribution in [-0.2, 0) is 9.47 Å². The largest absolute Gasteiger partial charge is 0.394 e. The third kappa shape index (κ3) is 1.97. The Morgan fingerprint density at radius 1 is 1.69 bits per heavy atom. The van der Waals surface area contributed by atoms with E-state index in [2.05, 4.69) is 0 Å². The van der Waals surface area contributed by atoms with Crippen molar-refractivity contribution in [3.05, 3.63) is 0 Å². The highest BCUT2D eigenvalue weighted by Crippen LogP contribution is 2.23. The summed E-state index contributed by atoms with van der Waals surface area (Å²) < 4.78 is 10.2. The fourth-order valence-corrected chi connectivity index (χ4v) is 1.57. The van der Waals surface area contributed by atoms with E-state index in [-0.39, 0.29) is 11.6 Å². The van der Waals surface area contributed by atoms with Crippen molar-refractivity contribution in [2.45, 2.75) is 24.4 Å². The van der Waals surface area contributed by atoms with Crippen LogP contribution >= 0.6 is 12.2 Å². The maximum atomic E-state index is 9.54. The summed E-state index contributed by atoms with van der Waals surface area (Å²) in [5, 5.41) is 18.4. The third-order valence-electron chi connectivity index (χ3n) is 2.07. The van der Waals surface area contributed by atoms with E-state index in [1.807, 2.05) is 0 Å². The first-order valence-corrected chi connectivity index (χ1v) is 4.29. The van der Waals surface area contributed by atoms with Crippen molar-refractivity contribution in [2.75, 3.05) is 13.7 Å². The van der Waals surface area contributed by atoms with E-state index in [0.29, 0.717) is 0 Å². The fourth-order valence-electron chi connectivity index (χ4n) is 1.38. The Kier molecular flexibility index (Phi) is 3.57. The molecule has 0 spiro atoms. The Balaban J connectivity index is 2.72. The Hall–Kier alpha value is -0.270. The van der Waals surface area contributed by atoms with Crippen LogP contribution in [0.4, 0.5) is 0 Å². The second-order valence-electron chi connectivity index (χ2n) is 2.87. The Labute approximate surface area is 81.4 Å². The number of aliphatic hydroxyl groups is 2. The van der Waals surface area contributed by atoms with Gasteiger partial charge in [0.2, 0.25) is 0 Å². The van der Waals surface area contributed by atoms with Gasteiger partial charge in [0, 0.05) is 7.11 Å². The molecule has 76 valence electrons. The molecule has 4 atom stereocenters. The minimum Gasteiger partial charge on any atom is -0.394 e. The minimum atomic E-state index is -0.888. The highest BCUT2D eigenvalue weighted by Gasteiger charge is 2.44. The van der Waals surface area contributed by atoms with Crippen LogP contribution in [-0.4, -0.2) is 53.3 Å². The van der Waals surface area contributed by atoms with Gasteiger partial charge in [0.05, 0.1) is 6.61 Å². The van der Waals surface area contributed by atoms with E-state index in [9.17, 15) is 5.11 Å². The molecule has 1 aliphatic heterocycles. The Morgan fingerprint density at radius 3 is 2.62 bits per heavy atom. The van der Waals surface area contributed by atoms with Gasteiger partial charge < -0.3 is 25.4 Å². The van der Waals surface area contributed by atoms with Crippen LogP contribution in [0.3, 0.4) is 0 Å². The van der Waals surface area contributed by atoms with Crippen LogP contribution in [0, 0.1) is 0 Å². The molecule has 1 aliphatic rings. The molecule has 0 aromatic heterocycles. The molecule has 0 aromatic carbocycles. The SMILES string of the molecule is CO[C@@H]1[C@H](O)[C@@H](CO)O[C@H]1C(N)=S. The average Bonchev–Trinajstić information content (AvgIpc) is 2.42. The molecule has 1 fully saturated rings. The molecule has 0 amide bonds. The lowest BCUT2D eigenvalue weighted by atomic mass is 10.1. The number of aliphatic hydroxyl groups excluding tert-OH is 2. The predicted octanol–water partition coefficient (Wildman–Crippen LogP) is -1.59. The molecule has 0 radical (unpaired) electrons. The van der Waals surface area contributed by atoms with Crippen molar-refractivity contribution in [1.82, 2.24) is 0 Å². The molecule has 0 saturated carbocycles. The summed E-state index contributed by atoms with van der Waals surface area (Å²) in [4.78, 5) is 0.127. The van der Waals surface area contributed by atoms with E-state index in [4.69, 9.17) is 32.5 Å². The molecule has 13 heavy (non-hydrogen) atoms. The van der Waals surface area contributed by atoms with Gasteiger partial charge in [0.25, 0.3) is 0 Å². The highest BCUT2D eigenvalue weighted by molar-refractivity contribution is 7.80. The molecular formula is C7H13NO4S. The molecule has 0 bridgehead atoms. The number of ether oxygens (including phenoxy) is 2. The van der Waals surface area contributed by atoms with Gasteiger partial charge in [-0.2, -0.15) is 0 Å². The van der Waals surface area contributed by atoms with E-state index in [0.717, 1.165) is 0 Å². The second-order valence-corrected chi connectivity index (χ2v) is 3.34. The fraction of sp³-hybridized carbons (Fsp3) is 0.857. The third-order valence-corrected chi connectivity index (χ3v) is 2.30. The Morgan fingerprint density at radius 2 is 2.31 bits per heavy atom. The van der Waals surface area contributed by atoms with Crippen molar-refractivity contribution >= 4 is 17.2 Å². The maximum Gasteiger partial charge on any atom is 0.136 e. The Bertz CT molecular complexity index is 201. The maximum absolute atomic E-state index is 9.54. The molecule has 0 aliphatic carbocycles. The topological polar surface area (TPSA) is 84.9 Å². The predicted molar refractivity (Wildman–Crippen MR) is 49.3 cm³/mol. The van der Waals surface area contributed by atoms with Crippen molar-refractivity contribution in [1.29, 1.82) is 0 Å². The summed E-state index contributed by atoms with van der Waals surface area (Å²) >= 11 is 4.73. The first kappa shape index (κ1) is 10.8. The highest BCUT2D eigenvalue weighted by atomic mass is 32.1. The molecular weight excluding hydrogens is 194 g/mol. The lowest BCUT2D eigenvalue weighted by molar-refractivity contribution is -0.0147. The van der Waals surface area contributed by atoms with Gasteiger partial charge in [-0.25, -0.2) is 0 Å². The molecule has 6 heteroatoms. The van der Waals surface area contributed by atoms with Gasteiger partial charge in [0.1, 0.15) is 29.4 Å². The molecule has 1 saturated heterocycles. The van der Waals surface area contributed by atoms with Gasteiger partial charge in [-0.05, 0) is 0 Å². The average molecular weight is 207 g/mol. The molecule has 4 N–H and O–H groups in total. The van der Waals surface area contributed by atoms with Crippen LogP contribution in [0.1, 0.15) is 0 Å². The summed E-state index contributed by atoms with van der Waals surface area (Å²) in [5.74, 6) is 0. The summed E-state index contributed by atoms with van der Waals surface area (Å²) in [5.41, 5.74) is 5.38. The molecule has 0 aromatic rings. The standard InChI is InChI=1S/C7H13NO4S/c1-11-5-4(10)3(2-9)12-6(5)7(8)13/h3-6,9-10H,2H2,1H3,(H2,8,13)/t3-,4-,5-,6-/m1/s1. The summed E-state index contributed by atoms with van der Waals surface area (Å²) in [6.45, 7) is -0.278. The van der Waals surface area contributed by atoms with Gasteiger partial charge >= 0.3 is 0 Å². The molecule has 1 rings (SSSR count). The molecule has 0 unspecified atom stereocenters. The van der Waals surface area contributed by atoms with Crippen molar-refractivity contribution in [3.63, 3.8) is 0 Å². The quantitative estimate of drug-likeness (QED) is 0.484. The van der Waals surface area contributed by atoms with Crippen LogP contribution < -0.4 is 5.73 Å². The number of hydrogen-bond acceptors (Lipinski definition) is 5. The van der Waals surface area contributed by atoms with Crippen molar-refractivity contribution < 1.29 is 19.7 Å². The number of rotatable bonds is 3. The van der Waals surface area contributed by atoms with E-state index in [1.165, 1.54) is 7.11 Å². The van der Waals surface area contributed by atoms with Gasteiger partial charge in [-0.15, -0.1) is 0 Å². The number of thiocarbonyl (C=S) groups is 1. The van der Waals surface area contributed by atoms with Gasteiger partial charge in [0.15, 0.2) is 0 Å². The van der Waals surface area contributed by atoms with Crippen molar-refractivity contribution in [2.24, 2.45) is 5.73 Å². The van der Waals surface area contributed by atoms with Crippen molar-refractivity contribution in [3.8, 4) is 0 Å². The van der Waals surface area contributed by atoms with Crippen LogP contribution in [0.5, 0.6) is 0 Å². The second kappa shape index (κ2) is 4.30. The van der Waals surface area contributed by atoms with Crippen LogP contribution in [0.25, 0.3) is 0 Å². The molecule has 5 nitrogen and oxygen atoms in total. The number of nitrogens with two attached hydrogens (primary N) is 1. The van der Waals surface area contributed by atoms with E-state index >= 15 is 0 Å². The van der Waals surface area contributed by atoms with Crippen LogP contribution in [0.15, 0.2) is 0 Å². The zero-order valence-electron chi connectivity index (χ0n) is 7.21. The van der Waals surface area contributed by atoms with Gasteiger partial charge in [-0.3, -0.25) is 0 Å². The summed E-state index contributed by atoms with van der Waals surface area (Å²) in [7, 11) is 1.43. The van der Waals surface area contributed by atoms with Gasteiger partial charge in [-0.1, -0.05) is 12.2 Å².